The van der Waals surface area contributed by atoms with Crippen molar-refractivity contribution in [2.75, 3.05) is 0 Å². The van der Waals surface area contributed by atoms with Gasteiger partial charge < -0.3 is 0 Å². The lowest BCUT2D eigenvalue weighted by Gasteiger charge is -1.76. The molecule has 0 atom stereocenters. The molecule has 0 saturated carbocycles. The van der Waals surface area contributed by atoms with Gasteiger partial charge in [-0.05, 0) is 22.9 Å². The maximum absolute atomic E-state index is 4.26. The Hall–Kier alpha value is -0.770. The molecule has 1 N–H and O–H groups in total. The van der Waals surface area contributed by atoms with Gasteiger partial charge in [0.25, 0.3) is 0 Å². The Labute approximate surface area is 66.2 Å². The Morgan fingerprint density at radius 1 is 1.70 bits per heavy atom. The fourth-order valence-corrected chi connectivity index (χ4v) is 1.34. The summed E-state index contributed by atoms with van der Waals surface area (Å²) in [4.78, 5) is 4.26. The summed E-state index contributed by atoms with van der Waals surface area (Å²) in [5.74, 6) is 0. The highest BCUT2D eigenvalue weighted by atomic mass is 79.9. The number of nitrogens with one attached hydrogen (secondary N) is 1. The van der Waals surface area contributed by atoms with Crippen LogP contribution in [-0.4, -0.2) is 14.6 Å². The summed E-state index contributed by atoms with van der Waals surface area (Å²) in [6, 6.07) is 0. The van der Waals surface area contributed by atoms with E-state index in [1.165, 1.54) is 0 Å². The number of H-pyrrole nitrogens is 1. The van der Waals surface area contributed by atoms with Gasteiger partial charge in [-0.1, -0.05) is 0 Å². The second kappa shape index (κ2) is 1.85. The van der Waals surface area contributed by atoms with Gasteiger partial charge >= 0.3 is 0 Å². The van der Waals surface area contributed by atoms with Gasteiger partial charge in [-0.2, -0.15) is 0 Å². The van der Waals surface area contributed by atoms with Gasteiger partial charge in [-0.25, -0.2) is 9.50 Å². The summed E-state index contributed by atoms with van der Waals surface area (Å²) in [6.45, 7) is 1.97. The monoisotopic (exact) mass is 199 g/mol. The predicted molar refractivity (Wildman–Crippen MR) is 42.0 cm³/mol. The van der Waals surface area contributed by atoms with Crippen LogP contribution in [0.25, 0.3) is 5.65 Å². The lowest BCUT2D eigenvalue weighted by atomic mass is 10.6. The van der Waals surface area contributed by atoms with Gasteiger partial charge in [0, 0.05) is 12.4 Å². The minimum atomic E-state index is 0.942. The first kappa shape index (κ1) is 5.97. The number of hydrogen-bond donors (Lipinski definition) is 1. The number of aryl methyl sites for hydroxylation is 1. The molecule has 0 aliphatic heterocycles. The molecular formula is C6H6BrN3. The Kier molecular flexibility index (Phi) is 1.11. The van der Waals surface area contributed by atoms with Crippen LogP contribution in [-0.2, 0) is 0 Å². The number of aromatic amines is 1. The Bertz CT molecular complexity index is 360. The van der Waals surface area contributed by atoms with Crippen molar-refractivity contribution in [2.45, 2.75) is 6.92 Å². The third-order valence-electron chi connectivity index (χ3n) is 1.37. The van der Waals surface area contributed by atoms with E-state index in [1.807, 2.05) is 23.8 Å². The Balaban J connectivity index is 2.90. The summed E-state index contributed by atoms with van der Waals surface area (Å²) in [5.41, 5.74) is 1.96. The molecule has 3 nitrogen and oxygen atoms in total. The van der Waals surface area contributed by atoms with E-state index >= 15 is 0 Å². The Morgan fingerprint density at radius 2 is 2.50 bits per heavy atom. The Morgan fingerprint density at radius 3 is 3.20 bits per heavy atom. The molecule has 0 aliphatic rings. The fraction of sp³-hybridized carbons (Fsp3) is 0.167. The number of nitrogens with zero attached hydrogens (tertiary/aromatic N) is 2. The smallest absolute Gasteiger partial charge is 0.167 e. The van der Waals surface area contributed by atoms with Gasteiger partial charge in [-0.15, -0.1) is 0 Å². The lowest BCUT2D eigenvalue weighted by molar-refractivity contribution is 0.971. The molecular weight excluding hydrogens is 194 g/mol. The minimum Gasteiger partial charge on any atom is -0.299 e. The number of hydrogen-bond acceptors (Lipinski definition) is 1. The highest BCUT2D eigenvalue weighted by Gasteiger charge is 2.01. The molecule has 2 aromatic rings. The van der Waals surface area contributed by atoms with Crippen LogP contribution < -0.4 is 0 Å². The molecule has 2 rings (SSSR count). The zero-order chi connectivity index (χ0) is 7.14. The van der Waals surface area contributed by atoms with Crippen LogP contribution in [0.1, 0.15) is 5.69 Å². The lowest BCUT2D eigenvalue weighted by Crippen LogP contribution is -1.75. The van der Waals surface area contributed by atoms with Crippen molar-refractivity contribution < 1.29 is 0 Å². The van der Waals surface area contributed by atoms with Gasteiger partial charge in [-0.3, -0.25) is 5.10 Å². The molecule has 0 aliphatic carbocycles. The molecule has 52 valence electrons. The van der Waals surface area contributed by atoms with Crippen LogP contribution in [0.15, 0.2) is 16.9 Å². The van der Waals surface area contributed by atoms with Crippen LogP contribution in [0.3, 0.4) is 0 Å². The second-order valence-corrected chi connectivity index (χ2v) is 3.05. The van der Waals surface area contributed by atoms with Gasteiger partial charge in [0.1, 0.15) is 0 Å². The normalized spacial score (nSPS) is 11.0. The number of aromatic nitrogens is 3. The number of fused-ring (bicyclic) bond motifs is 1. The van der Waals surface area contributed by atoms with Crippen molar-refractivity contribution in [2.24, 2.45) is 0 Å². The van der Waals surface area contributed by atoms with Crippen LogP contribution in [0.4, 0.5) is 0 Å². The summed E-state index contributed by atoms with van der Waals surface area (Å²) >= 11 is 3.37. The van der Waals surface area contributed by atoms with Gasteiger partial charge in [0.05, 0.1) is 10.2 Å². The van der Waals surface area contributed by atoms with Crippen molar-refractivity contribution in [1.82, 2.24) is 14.6 Å². The number of rotatable bonds is 0. The molecule has 0 amide bonds. The fourth-order valence-electron chi connectivity index (χ4n) is 0.955. The molecule has 0 saturated heterocycles. The third-order valence-corrected chi connectivity index (χ3v) is 1.95. The van der Waals surface area contributed by atoms with E-state index in [2.05, 4.69) is 26.0 Å². The zero-order valence-corrected chi connectivity index (χ0v) is 7.01. The first-order valence-corrected chi connectivity index (χ1v) is 3.75. The first-order valence-electron chi connectivity index (χ1n) is 2.96. The van der Waals surface area contributed by atoms with E-state index in [1.54, 1.807) is 0 Å². The number of imidazole rings is 1. The van der Waals surface area contributed by atoms with E-state index in [4.69, 9.17) is 0 Å². The summed E-state index contributed by atoms with van der Waals surface area (Å²) in [6.07, 6.45) is 3.81. The molecule has 0 fully saturated rings. The number of halogens is 1. The van der Waals surface area contributed by atoms with Crippen LogP contribution >= 0.6 is 15.9 Å². The zero-order valence-electron chi connectivity index (χ0n) is 5.43. The minimum absolute atomic E-state index is 0.942. The topological polar surface area (TPSA) is 33.1 Å². The predicted octanol–water partition coefficient (Wildman–Crippen LogP) is 1.73. The highest BCUT2D eigenvalue weighted by Crippen LogP contribution is 2.15. The second-order valence-electron chi connectivity index (χ2n) is 2.20. The molecule has 10 heavy (non-hydrogen) atoms. The van der Waals surface area contributed by atoms with Crippen LogP contribution in [0.2, 0.25) is 0 Å². The first-order chi connectivity index (χ1) is 4.77. The summed E-state index contributed by atoms with van der Waals surface area (Å²) in [5, 5.41) is 3.02. The van der Waals surface area contributed by atoms with E-state index in [-0.39, 0.29) is 0 Å². The maximum Gasteiger partial charge on any atom is 0.167 e. The summed E-state index contributed by atoms with van der Waals surface area (Å²) < 4.78 is 2.87. The standard InChI is InChI=1S/C6H6BrN3/c1-4-3-10-6(9-4)5(7)2-8-10/h2-3,8H,1H3. The maximum atomic E-state index is 4.26. The van der Waals surface area contributed by atoms with E-state index in [9.17, 15) is 0 Å². The van der Waals surface area contributed by atoms with Crippen molar-refractivity contribution >= 4 is 21.6 Å². The van der Waals surface area contributed by atoms with E-state index in [0.29, 0.717) is 0 Å². The van der Waals surface area contributed by atoms with Crippen molar-refractivity contribution in [3.8, 4) is 0 Å². The molecule has 0 spiro atoms. The van der Waals surface area contributed by atoms with E-state index < -0.39 is 0 Å². The van der Waals surface area contributed by atoms with Crippen LogP contribution in [0.5, 0.6) is 0 Å². The highest BCUT2D eigenvalue weighted by molar-refractivity contribution is 9.10. The molecule has 0 unspecified atom stereocenters. The molecule has 4 heteroatoms. The van der Waals surface area contributed by atoms with Crippen molar-refractivity contribution in [1.29, 1.82) is 0 Å². The quantitative estimate of drug-likeness (QED) is 0.690. The molecule has 2 heterocycles. The van der Waals surface area contributed by atoms with Crippen LogP contribution in [0, 0.1) is 6.92 Å². The molecule has 0 aromatic carbocycles. The molecule has 2 aromatic heterocycles. The molecule has 0 radical (unpaired) electrons. The third kappa shape index (κ3) is 0.686. The van der Waals surface area contributed by atoms with Gasteiger partial charge in [0.2, 0.25) is 0 Å². The van der Waals surface area contributed by atoms with Crippen molar-refractivity contribution in [3.05, 3.63) is 22.6 Å². The average molecular weight is 200 g/mol. The average Bonchev–Trinajstić information content (AvgIpc) is 2.35. The largest absolute Gasteiger partial charge is 0.299 e. The van der Waals surface area contributed by atoms with E-state index in [0.717, 1.165) is 15.8 Å². The van der Waals surface area contributed by atoms with Crippen molar-refractivity contribution in [3.63, 3.8) is 0 Å². The summed E-state index contributed by atoms with van der Waals surface area (Å²) in [7, 11) is 0. The van der Waals surface area contributed by atoms with Gasteiger partial charge in [0.15, 0.2) is 5.65 Å². The SMILES string of the molecule is Cc1cn2[nH]cc(Br)c2n1. The molecule has 0 bridgehead atoms.